The molecule has 2 aromatic heterocycles. The SMILES string of the molecule is O=C1CCC(N2Cc3cc(-c4cc(CN5CCCC5)c5ccn(C6CC6)c5n4)ccc3C2=O)C(=O)N1. The molecule has 2 saturated heterocycles. The molecular formula is C28H29N5O3. The number of nitrogens with one attached hydrogen (secondary N) is 1. The molecule has 3 aliphatic heterocycles. The molecule has 5 heterocycles. The highest BCUT2D eigenvalue weighted by Crippen LogP contribution is 2.39. The standard InChI is InChI=1S/C28H29N5O3/c34-25-8-7-24(27(35)30-25)33-16-18-13-17(3-6-22(18)28(33)36)23-14-19(15-31-10-1-2-11-31)21-9-12-32(20-4-5-20)26(21)29-23/h3,6,9,12-14,20,24H,1-2,4-5,7-8,10-11,15-16H2,(H,30,34,35). The Morgan fingerprint density at radius 3 is 2.61 bits per heavy atom. The minimum Gasteiger partial charge on any atom is -0.329 e. The first-order valence-electron chi connectivity index (χ1n) is 13.1. The first-order chi connectivity index (χ1) is 17.5. The zero-order chi connectivity index (χ0) is 24.4. The molecule has 8 nitrogen and oxygen atoms in total. The number of carbonyl (C=O) groups is 3. The molecule has 1 unspecified atom stereocenters. The van der Waals surface area contributed by atoms with Gasteiger partial charge in [0.15, 0.2) is 0 Å². The molecule has 1 aromatic carbocycles. The van der Waals surface area contributed by atoms with Crippen LogP contribution in [0.3, 0.4) is 0 Å². The largest absolute Gasteiger partial charge is 0.329 e. The smallest absolute Gasteiger partial charge is 0.255 e. The monoisotopic (exact) mass is 483 g/mol. The molecule has 0 spiro atoms. The van der Waals surface area contributed by atoms with Crippen LogP contribution in [0.25, 0.3) is 22.3 Å². The van der Waals surface area contributed by atoms with Gasteiger partial charge in [0.2, 0.25) is 11.8 Å². The highest BCUT2D eigenvalue weighted by Gasteiger charge is 2.39. The molecule has 1 atom stereocenters. The zero-order valence-electron chi connectivity index (χ0n) is 20.2. The maximum Gasteiger partial charge on any atom is 0.255 e. The van der Waals surface area contributed by atoms with Crippen LogP contribution in [-0.4, -0.2) is 56.2 Å². The molecule has 4 aliphatic rings. The van der Waals surface area contributed by atoms with Crippen molar-refractivity contribution in [3.05, 3.63) is 53.2 Å². The second-order valence-electron chi connectivity index (χ2n) is 10.6. The Labute approximate surface area is 209 Å². The highest BCUT2D eigenvalue weighted by atomic mass is 16.2. The number of amides is 3. The quantitative estimate of drug-likeness (QED) is 0.562. The maximum atomic E-state index is 13.1. The lowest BCUT2D eigenvalue weighted by Crippen LogP contribution is -2.52. The number of imide groups is 1. The predicted octanol–water partition coefficient (Wildman–Crippen LogP) is 3.40. The number of nitrogens with zero attached hydrogens (tertiary/aromatic N) is 4. The summed E-state index contributed by atoms with van der Waals surface area (Å²) < 4.78 is 2.33. The van der Waals surface area contributed by atoms with Crippen LogP contribution in [0.15, 0.2) is 36.5 Å². The highest BCUT2D eigenvalue weighted by molar-refractivity contribution is 6.05. The van der Waals surface area contributed by atoms with E-state index in [4.69, 9.17) is 4.98 Å². The third-order valence-corrected chi connectivity index (χ3v) is 8.12. The van der Waals surface area contributed by atoms with Gasteiger partial charge in [-0.15, -0.1) is 0 Å². The van der Waals surface area contributed by atoms with Crippen molar-refractivity contribution in [1.82, 2.24) is 24.7 Å². The summed E-state index contributed by atoms with van der Waals surface area (Å²) in [6.45, 7) is 3.57. The van der Waals surface area contributed by atoms with Crippen molar-refractivity contribution in [2.75, 3.05) is 13.1 Å². The van der Waals surface area contributed by atoms with Crippen molar-refractivity contribution in [2.24, 2.45) is 0 Å². The molecule has 1 N–H and O–H groups in total. The number of benzene rings is 1. The summed E-state index contributed by atoms with van der Waals surface area (Å²) >= 11 is 0. The molecule has 3 fully saturated rings. The third-order valence-electron chi connectivity index (χ3n) is 8.12. The van der Waals surface area contributed by atoms with Crippen LogP contribution in [0, 0.1) is 0 Å². The van der Waals surface area contributed by atoms with Crippen LogP contribution >= 0.6 is 0 Å². The summed E-state index contributed by atoms with van der Waals surface area (Å²) in [7, 11) is 0. The molecule has 3 aromatic rings. The van der Waals surface area contributed by atoms with Gasteiger partial charge in [-0.25, -0.2) is 4.98 Å². The summed E-state index contributed by atoms with van der Waals surface area (Å²) in [5.41, 5.74) is 5.79. The van der Waals surface area contributed by atoms with E-state index in [1.165, 1.54) is 36.6 Å². The number of piperidine rings is 1. The molecule has 3 amide bonds. The van der Waals surface area contributed by atoms with Crippen LogP contribution in [-0.2, 0) is 22.7 Å². The summed E-state index contributed by atoms with van der Waals surface area (Å²) in [5.74, 6) is -0.802. The Morgan fingerprint density at radius 1 is 1.00 bits per heavy atom. The van der Waals surface area contributed by atoms with Gasteiger partial charge in [-0.3, -0.25) is 24.6 Å². The van der Waals surface area contributed by atoms with E-state index in [2.05, 4.69) is 39.2 Å². The molecule has 1 aliphatic carbocycles. The minimum atomic E-state index is -0.602. The van der Waals surface area contributed by atoms with Crippen LogP contribution in [0.2, 0.25) is 0 Å². The number of fused-ring (bicyclic) bond motifs is 2. The molecule has 0 radical (unpaired) electrons. The van der Waals surface area contributed by atoms with Crippen molar-refractivity contribution >= 4 is 28.8 Å². The van der Waals surface area contributed by atoms with E-state index in [1.54, 1.807) is 4.90 Å². The van der Waals surface area contributed by atoms with Gasteiger partial charge in [0, 0.05) is 48.3 Å². The van der Waals surface area contributed by atoms with Gasteiger partial charge in [-0.1, -0.05) is 6.07 Å². The summed E-state index contributed by atoms with van der Waals surface area (Å²) in [5, 5.41) is 3.61. The van der Waals surface area contributed by atoms with Crippen molar-refractivity contribution in [3.8, 4) is 11.3 Å². The zero-order valence-corrected chi connectivity index (χ0v) is 20.2. The number of pyridine rings is 1. The Bertz CT molecular complexity index is 1420. The van der Waals surface area contributed by atoms with E-state index in [-0.39, 0.29) is 24.1 Å². The number of hydrogen-bond donors (Lipinski definition) is 1. The summed E-state index contributed by atoms with van der Waals surface area (Å²) in [6.07, 6.45) is 7.73. The molecule has 36 heavy (non-hydrogen) atoms. The number of rotatable bonds is 5. The van der Waals surface area contributed by atoms with E-state index in [1.807, 2.05) is 12.1 Å². The lowest BCUT2D eigenvalue weighted by molar-refractivity contribution is -0.136. The maximum absolute atomic E-state index is 13.1. The average Bonchev–Trinajstić information content (AvgIpc) is 3.26. The average molecular weight is 484 g/mol. The van der Waals surface area contributed by atoms with Crippen LogP contribution < -0.4 is 5.32 Å². The van der Waals surface area contributed by atoms with Crippen molar-refractivity contribution in [3.63, 3.8) is 0 Å². The normalized spacial score (nSPS) is 22.5. The second-order valence-corrected chi connectivity index (χ2v) is 10.6. The Kier molecular flexibility index (Phi) is 4.99. The first kappa shape index (κ1) is 21.7. The van der Waals surface area contributed by atoms with E-state index in [9.17, 15) is 14.4 Å². The molecule has 0 bridgehead atoms. The number of aromatic nitrogens is 2. The first-order valence-corrected chi connectivity index (χ1v) is 13.1. The Morgan fingerprint density at radius 2 is 1.83 bits per heavy atom. The lowest BCUT2D eigenvalue weighted by Gasteiger charge is -2.29. The van der Waals surface area contributed by atoms with E-state index in [0.29, 0.717) is 24.6 Å². The second kappa shape index (κ2) is 8.27. The molecule has 184 valence electrons. The third kappa shape index (κ3) is 3.63. The lowest BCUT2D eigenvalue weighted by atomic mass is 10.0. The Hall–Kier alpha value is -3.52. The predicted molar refractivity (Wildman–Crippen MR) is 134 cm³/mol. The van der Waals surface area contributed by atoms with E-state index in [0.717, 1.165) is 42.1 Å². The number of hydrogen-bond acceptors (Lipinski definition) is 5. The minimum absolute atomic E-state index is 0.146. The van der Waals surface area contributed by atoms with Gasteiger partial charge >= 0.3 is 0 Å². The summed E-state index contributed by atoms with van der Waals surface area (Å²) in [4.78, 5) is 46.3. The van der Waals surface area contributed by atoms with Crippen molar-refractivity contribution in [1.29, 1.82) is 0 Å². The molecule has 7 rings (SSSR count). The van der Waals surface area contributed by atoms with E-state index < -0.39 is 6.04 Å². The van der Waals surface area contributed by atoms with Crippen molar-refractivity contribution < 1.29 is 14.4 Å². The van der Waals surface area contributed by atoms with Crippen LogP contribution in [0.4, 0.5) is 0 Å². The molecular weight excluding hydrogens is 454 g/mol. The fourth-order valence-electron chi connectivity index (χ4n) is 6.04. The van der Waals surface area contributed by atoms with Gasteiger partial charge < -0.3 is 9.47 Å². The van der Waals surface area contributed by atoms with Gasteiger partial charge in [-0.2, -0.15) is 0 Å². The Balaban J connectivity index is 1.24. The number of carbonyl (C=O) groups excluding carboxylic acids is 3. The molecule has 1 saturated carbocycles. The van der Waals surface area contributed by atoms with Crippen LogP contribution in [0.1, 0.15) is 66.1 Å². The van der Waals surface area contributed by atoms with Crippen LogP contribution in [0.5, 0.6) is 0 Å². The molecule has 8 heteroatoms. The number of likely N-dealkylation sites (tertiary alicyclic amines) is 1. The van der Waals surface area contributed by atoms with E-state index >= 15 is 0 Å². The van der Waals surface area contributed by atoms with Crippen molar-refractivity contribution in [2.45, 2.75) is 63.7 Å². The van der Waals surface area contributed by atoms with Gasteiger partial charge in [0.25, 0.3) is 5.91 Å². The fourth-order valence-corrected chi connectivity index (χ4v) is 6.04. The summed E-state index contributed by atoms with van der Waals surface area (Å²) in [6, 6.07) is 10.3. The van der Waals surface area contributed by atoms with Gasteiger partial charge in [0.05, 0.1) is 5.69 Å². The van der Waals surface area contributed by atoms with Gasteiger partial charge in [0.1, 0.15) is 11.7 Å². The van der Waals surface area contributed by atoms with Gasteiger partial charge in [-0.05, 0) is 80.6 Å². The fraction of sp³-hybridized carbons (Fsp3) is 0.429. The topological polar surface area (TPSA) is 87.5 Å².